The zero-order valence-corrected chi connectivity index (χ0v) is 16.7. The van der Waals surface area contributed by atoms with Gasteiger partial charge in [0.05, 0.1) is 0 Å². The van der Waals surface area contributed by atoms with Crippen molar-refractivity contribution in [3.63, 3.8) is 0 Å². The summed E-state index contributed by atoms with van der Waals surface area (Å²) < 4.78 is 13.5. The highest BCUT2D eigenvalue weighted by Gasteiger charge is 2.24. The van der Waals surface area contributed by atoms with Gasteiger partial charge < -0.3 is 9.97 Å². The third kappa shape index (κ3) is 3.39. The van der Waals surface area contributed by atoms with Crippen LogP contribution in [0.5, 0.6) is 0 Å². The van der Waals surface area contributed by atoms with Crippen molar-refractivity contribution >= 4 is 21.8 Å². The molecular weight excluding hydrogens is 335 g/mol. The van der Waals surface area contributed by atoms with Crippen LogP contribution in [0.2, 0.25) is 0 Å². The minimum Gasteiger partial charge on any atom is -0.358 e. The highest BCUT2D eigenvalue weighted by molar-refractivity contribution is 5.82. The van der Waals surface area contributed by atoms with Gasteiger partial charge in [-0.15, -0.1) is 0 Å². The van der Waals surface area contributed by atoms with E-state index in [9.17, 15) is 4.39 Å². The van der Waals surface area contributed by atoms with Crippen LogP contribution in [0.25, 0.3) is 21.8 Å². The van der Waals surface area contributed by atoms with Gasteiger partial charge in [0.1, 0.15) is 5.82 Å². The minimum atomic E-state index is -0.197. The van der Waals surface area contributed by atoms with Crippen molar-refractivity contribution in [1.29, 1.82) is 0 Å². The zero-order valence-electron chi connectivity index (χ0n) is 16.7. The quantitative estimate of drug-likeness (QED) is 0.411. The van der Waals surface area contributed by atoms with Gasteiger partial charge in [0, 0.05) is 38.6 Å². The molecule has 2 aromatic heterocycles. The first-order valence-corrected chi connectivity index (χ1v) is 9.53. The van der Waals surface area contributed by atoms with Gasteiger partial charge in [0.25, 0.3) is 0 Å². The van der Waals surface area contributed by atoms with E-state index in [0.29, 0.717) is 0 Å². The second-order valence-electron chi connectivity index (χ2n) is 9.33. The Hall–Kier alpha value is -2.55. The van der Waals surface area contributed by atoms with E-state index in [4.69, 9.17) is 0 Å². The number of aromatic amines is 2. The predicted molar refractivity (Wildman–Crippen MR) is 112 cm³/mol. The lowest BCUT2D eigenvalue weighted by atomic mass is 9.82. The smallest absolute Gasteiger partial charge is 0.123 e. The lowest BCUT2D eigenvalue weighted by molar-refractivity contribution is 0.510. The van der Waals surface area contributed by atoms with Gasteiger partial charge in [-0.3, -0.25) is 0 Å². The molecule has 2 nitrogen and oxygen atoms in total. The molecule has 0 atom stereocenters. The standard InChI is InChI=1S/C24H27FN2/c1-23(2,3)21-12-16-7-6-15(10-20(16)27-21)14-24(4,5)22-13-17-11-18(25)8-9-19(17)26-22/h6-13,26-27H,14H2,1-5H3. The van der Waals surface area contributed by atoms with Crippen LogP contribution >= 0.6 is 0 Å². The van der Waals surface area contributed by atoms with Crippen molar-refractivity contribution in [1.82, 2.24) is 9.97 Å². The summed E-state index contributed by atoms with van der Waals surface area (Å²) in [6.45, 7) is 11.1. The topological polar surface area (TPSA) is 31.6 Å². The van der Waals surface area contributed by atoms with Gasteiger partial charge in [-0.25, -0.2) is 4.39 Å². The average molecular weight is 362 g/mol. The summed E-state index contributed by atoms with van der Waals surface area (Å²) in [6.07, 6.45) is 0.905. The summed E-state index contributed by atoms with van der Waals surface area (Å²) in [7, 11) is 0. The first-order valence-electron chi connectivity index (χ1n) is 9.53. The molecule has 4 aromatic rings. The summed E-state index contributed by atoms with van der Waals surface area (Å²) in [5.41, 5.74) is 5.87. The molecular formula is C24H27FN2. The molecule has 0 bridgehead atoms. The van der Waals surface area contributed by atoms with Crippen molar-refractivity contribution in [3.05, 3.63) is 71.3 Å². The molecule has 0 aliphatic carbocycles. The summed E-state index contributed by atoms with van der Waals surface area (Å²) >= 11 is 0. The van der Waals surface area contributed by atoms with E-state index in [0.717, 1.165) is 23.0 Å². The van der Waals surface area contributed by atoms with E-state index < -0.39 is 0 Å². The van der Waals surface area contributed by atoms with Gasteiger partial charge in [-0.1, -0.05) is 46.8 Å². The highest BCUT2D eigenvalue weighted by Crippen LogP contribution is 2.32. The van der Waals surface area contributed by atoms with Crippen molar-refractivity contribution in [3.8, 4) is 0 Å². The SMILES string of the molecule is CC(C)(C)c1cc2ccc(CC(C)(C)c3cc4cc(F)ccc4[nH]3)cc2[nH]1. The number of aromatic nitrogens is 2. The van der Waals surface area contributed by atoms with Crippen LogP contribution < -0.4 is 0 Å². The van der Waals surface area contributed by atoms with Gasteiger partial charge in [0.2, 0.25) is 0 Å². The van der Waals surface area contributed by atoms with E-state index in [1.807, 2.05) is 6.07 Å². The fourth-order valence-corrected chi connectivity index (χ4v) is 3.76. The van der Waals surface area contributed by atoms with E-state index in [-0.39, 0.29) is 16.6 Å². The largest absolute Gasteiger partial charge is 0.358 e. The number of nitrogens with one attached hydrogen (secondary N) is 2. The fourth-order valence-electron chi connectivity index (χ4n) is 3.76. The number of hydrogen-bond acceptors (Lipinski definition) is 0. The van der Waals surface area contributed by atoms with Crippen LogP contribution in [0.15, 0.2) is 48.5 Å². The molecule has 0 unspecified atom stereocenters. The van der Waals surface area contributed by atoms with Crippen LogP contribution in [0.3, 0.4) is 0 Å². The monoisotopic (exact) mass is 362 g/mol. The molecule has 0 aliphatic rings. The maximum atomic E-state index is 13.5. The second kappa shape index (κ2) is 5.98. The summed E-state index contributed by atoms with van der Waals surface area (Å²) in [4.78, 5) is 7.05. The number of rotatable bonds is 3. The maximum absolute atomic E-state index is 13.5. The van der Waals surface area contributed by atoms with Crippen molar-refractivity contribution in [2.45, 2.75) is 51.9 Å². The first kappa shape index (κ1) is 17.8. The van der Waals surface area contributed by atoms with E-state index in [2.05, 4.69) is 74.9 Å². The number of halogens is 1. The molecule has 0 spiro atoms. The molecule has 27 heavy (non-hydrogen) atoms. The van der Waals surface area contributed by atoms with Crippen LogP contribution in [-0.4, -0.2) is 9.97 Å². The molecule has 0 amide bonds. The van der Waals surface area contributed by atoms with Crippen molar-refractivity contribution in [2.24, 2.45) is 0 Å². The third-order valence-electron chi connectivity index (χ3n) is 5.45. The van der Waals surface area contributed by atoms with Crippen molar-refractivity contribution in [2.75, 3.05) is 0 Å². The number of fused-ring (bicyclic) bond motifs is 2. The Morgan fingerprint density at radius 3 is 2.19 bits per heavy atom. The maximum Gasteiger partial charge on any atom is 0.123 e. The third-order valence-corrected chi connectivity index (χ3v) is 5.45. The molecule has 0 radical (unpaired) electrons. The highest BCUT2D eigenvalue weighted by atomic mass is 19.1. The summed E-state index contributed by atoms with van der Waals surface area (Å²) in [6, 6.07) is 15.9. The molecule has 2 N–H and O–H groups in total. The average Bonchev–Trinajstić information content (AvgIpc) is 3.17. The molecule has 0 aliphatic heterocycles. The van der Waals surface area contributed by atoms with Crippen LogP contribution in [-0.2, 0) is 17.3 Å². The van der Waals surface area contributed by atoms with Crippen molar-refractivity contribution < 1.29 is 4.39 Å². The first-order chi connectivity index (χ1) is 12.6. The molecule has 0 saturated carbocycles. The zero-order chi connectivity index (χ0) is 19.4. The molecule has 0 fully saturated rings. The molecule has 3 heteroatoms. The molecule has 0 saturated heterocycles. The Balaban J connectivity index is 1.66. The molecule has 2 heterocycles. The van der Waals surface area contributed by atoms with Gasteiger partial charge >= 0.3 is 0 Å². The number of hydrogen-bond donors (Lipinski definition) is 2. The van der Waals surface area contributed by atoms with Gasteiger partial charge in [0.15, 0.2) is 0 Å². The fraction of sp³-hybridized carbons (Fsp3) is 0.333. The Bertz CT molecular complexity index is 1120. The Kier molecular flexibility index (Phi) is 3.95. The molecule has 2 aromatic carbocycles. The lowest BCUT2D eigenvalue weighted by Crippen LogP contribution is -2.20. The van der Waals surface area contributed by atoms with E-state index in [1.165, 1.54) is 28.2 Å². The van der Waals surface area contributed by atoms with Crippen LogP contribution in [0.4, 0.5) is 4.39 Å². The Labute approximate surface area is 159 Å². The van der Waals surface area contributed by atoms with Gasteiger partial charge in [-0.05, 0) is 53.8 Å². The van der Waals surface area contributed by atoms with E-state index in [1.54, 1.807) is 6.07 Å². The normalized spacial score (nSPS) is 13.0. The Morgan fingerprint density at radius 1 is 0.741 bits per heavy atom. The van der Waals surface area contributed by atoms with Crippen LogP contribution in [0.1, 0.15) is 51.6 Å². The summed E-state index contributed by atoms with van der Waals surface area (Å²) in [5.74, 6) is -0.197. The van der Waals surface area contributed by atoms with Gasteiger partial charge in [-0.2, -0.15) is 0 Å². The van der Waals surface area contributed by atoms with Crippen LogP contribution in [0, 0.1) is 5.82 Å². The molecule has 140 valence electrons. The molecule has 4 rings (SSSR count). The lowest BCUT2D eigenvalue weighted by Gasteiger charge is -2.23. The van der Waals surface area contributed by atoms with E-state index >= 15 is 0 Å². The summed E-state index contributed by atoms with van der Waals surface area (Å²) in [5, 5.41) is 2.18. The number of benzene rings is 2. The number of H-pyrrole nitrogens is 2. The predicted octanol–water partition coefficient (Wildman–Crippen LogP) is 6.61. The Morgan fingerprint density at radius 2 is 1.44 bits per heavy atom. The second-order valence-corrected chi connectivity index (χ2v) is 9.33. The minimum absolute atomic E-state index is 0.0807.